The molecule has 0 amide bonds. The van der Waals surface area contributed by atoms with Gasteiger partial charge in [0.2, 0.25) is 0 Å². The molecule has 3 aromatic rings. The lowest BCUT2D eigenvalue weighted by Gasteiger charge is -2.11. The summed E-state index contributed by atoms with van der Waals surface area (Å²) >= 11 is 0. The summed E-state index contributed by atoms with van der Waals surface area (Å²) in [6.45, 7) is 0.360. The summed E-state index contributed by atoms with van der Waals surface area (Å²) in [4.78, 5) is 17.6. The van der Waals surface area contributed by atoms with E-state index in [4.69, 9.17) is 0 Å². The molecule has 0 spiro atoms. The van der Waals surface area contributed by atoms with Crippen molar-refractivity contribution in [2.45, 2.75) is 6.54 Å². The van der Waals surface area contributed by atoms with E-state index in [0.717, 1.165) is 6.07 Å². The van der Waals surface area contributed by atoms with Gasteiger partial charge >= 0.3 is 5.97 Å². The molecule has 24 heavy (non-hydrogen) atoms. The van der Waals surface area contributed by atoms with Crippen molar-refractivity contribution in [1.82, 2.24) is 19.0 Å². The Labute approximate surface area is 137 Å². The number of nitrogens with zero attached hydrogens (tertiary/aromatic N) is 4. The minimum absolute atomic E-state index is 0.0419. The van der Waals surface area contributed by atoms with Gasteiger partial charge in [-0.05, 0) is 14.1 Å². The Balaban J connectivity index is 2.50. The fourth-order valence-corrected chi connectivity index (χ4v) is 2.94. The van der Waals surface area contributed by atoms with E-state index in [-0.39, 0.29) is 16.6 Å². The Morgan fingerprint density at radius 3 is 2.67 bits per heavy atom. The first-order valence-corrected chi connectivity index (χ1v) is 7.22. The van der Waals surface area contributed by atoms with Crippen LogP contribution in [0.2, 0.25) is 0 Å². The van der Waals surface area contributed by atoms with Crippen LogP contribution in [-0.4, -0.2) is 49.3 Å². The number of aromatic carboxylic acids is 1. The molecule has 1 aromatic carbocycles. The number of rotatable bonds is 4. The Kier molecular flexibility index (Phi) is 3.76. The number of carbonyl (C=O) groups is 1. The first-order chi connectivity index (χ1) is 11.3. The van der Waals surface area contributed by atoms with Gasteiger partial charge < -0.3 is 24.2 Å². The van der Waals surface area contributed by atoms with Crippen molar-refractivity contribution in [3.8, 4) is 11.4 Å². The van der Waals surface area contributed by atoms with Crippen LogP contribution in [0, 0.1) is 5.82 Å². The standard InChI is InChI=1S/C16H17FN4O3/c1-19(2)7-11-13(16(23)24)12-10(20(11)3)6-9(17)15(22)14(12)21-5-4-18-8-21/h4-6,8,22H,7H2,1-3H3,(H,23,24). The molecular weight excluding hydrogens is 315 g/mol. The SMILES string of the molecule is CN(C)Cc1c(C(=O)O)c2c(-n3ccnc3)c(O)c(F)cc2n1C. The molecule has 3 rings (SSSR count). The zero-order valence-corrected chi connectivity index (χ0v) is 13.5. The van der Waals surface area contributed by atoms with Gasteiger partial charge in [-0.1, -0.05) is 0 Å². The number of phenolic OH excluding ortho intramolecular Hbond substituents is 1. The monoisotopic (exact) mass is 332 g/mol. The molecule has 0 saturated heterocycles. The summed E-state index contributed by atoms with van der Waals surface area (Å²) in [6.07, 6.45) is 4.39. The lowest BCUT2D eigenvalue weighted by Crippen LogP contribution is -2.16. The number of fused-ring (bicyclic) bond motifs is 1. The van der Waals surface area contributed by atoms with Gasteiger partial charge in [-0.25, -0.2) is 14.2 Å². The van der Waals surface area contributed by atoms with Crippen LogP contribution >= 0.6 is 0 Å². The van der Waals surface area contributed by atoms with E-state index in [1.807, 2.05) is 19.0 Å². The van der Waals surface area contributed by atoms with Crippen LogP contribution in [0.4, 0.5) is 4.39 Å². The minimum Gasteiger partial charge on any atom is -0.503 e. The largest absolute Gasteiger partial charge is 0.503 e. The molecule has 0 atom stereocenters. The molecule has 7 nitrogen and oxygen atoms in total. The van der Waals surface area contributed by atoms with Crippen molar-refractivity contribution in [3.63, 3.8) is 0 Å². The number of aromatic nitrogens is 3. The molecule has 2 heterocycles. The molecule has 0 aliphatic heterocycles. The van der Waals surface area contributed by atoms with Gasteiger partial charge in [0.25, 0.3) is 0 Å². The molecule has 2 aromatic heterocycles. The van der Waals surface area contributed by atoms with Crippen LogP contribution < -0.4 is 0 Å². The molecule has 0 aliphatic carbocycles. The minimum atomic E-state index is -1.13. The Morgan fingerprint density at radius 1 is 1.42 bits per heavy atom. The summed E-state index contributed by atoms with van der Waals surface area (Å²) in [5.41, 5.74) is 1.03. The van der Waals surface area contributed by atoms with E-state index < -0.39 is 17.5 Å². The fraction of sp³-hybridized carbons (Fsp3) is 0.250. The van der Waals surface area contributed by atoms with Gasteiger partial charge in [0, 0.05) is 43.1 Å². The number of imidazole rings is 1. The number of carboxylic acids is 1. The average molecular weight is 332 g/mol. The number of halogens is 1. The van der Waals surface area contributed by atoms with Crippen LogP contribution in [0.15, 0.2) is 24.8 Å². The van der Waals surface area contributed by atoms with Gasteiger partial charge in [-0.15, -0.1) is 0 Å². The first-order valence-electron chi connectivity index (χ1n) is 7.22. The molecular formula is C16H17FN4O3. The van der Waals surface area contributed by atoms with Gasteiger partial charge in [-0.3, -0.25) is 0 Å². The highest BCUT2D eigenvalue weighted by molar-refractivity contribution is 6.09. The number of phenols is 1. The number of benzene rings is 1. The number of hydrogen-bond donors (Lipinski definition) is 2. The highest BCUT2D eigenvalue weighted by Crippen LogP contribution is 2.38. The van der Waals surface area contributed by atoms with E-state index >= 15 is 0 Å². The van der Waals surface area contributed by atoms with Crippen molar-refractivity contribution in [2.75, 3.05) is 14.1 Å². The topological polar surface area (TPSA) is 83.5 Å². The molecule has 0 saturated carbocycles. The maximum absolute atomic E-state index is 14.2. The van der Waals surface area contributed by atoms with Crippen molar-refractivity contribution in [3.05, 3.63) is 41.9 Å². The van der Waals surface area contributed by atoms with Crippen LogP contribution in [0.5, 0.6) is 5.75 Å². The first kappa shape index (κ1) is 16.0. The van der Waals surface area contributed by atoms with E-state index in [1.54, 1.807) is 11.6 Å². The van der Waals surface area contributed by atoms with Gasteiger partial charge in [0.15, 0.2) is 11.6 Å². The number of carboxylic acid groups (broad SMARTS) is 1. The van der Waals surface area contributed by atoms with Crippen LogP contribution in [0.25, 0.3) is 16.6 Å². The molecule has 2 N–H and O–H groups in total. The van der Waals surface area contributed by atoms with E-state index in [9.17, 15) is 19.4 Å². The maximum atomic E-state index is 14.2. The summed E-state index contributed by atoms with van der Waals surface area (Å²) in [7, 11) is 5.32. The Hall–Kier alpha value is -2.87. The van der Waals surface area contributed by atoms with E-state index in [1.165, 1.54) is 23.3 Å². The third kappa shape index (κ3) is 2.31. The highest BCUT2D eigenvalue weighted by Gasteiger charge is 2.27. The molecule has 0 bridgehead atoms. The molecule has 126 valence electrons. The number of aryl methyl sites for hydroxylation is 1. The summed E-state index contributed by atoms with van der Waals surface area (Å²) < 4.78 is 17.3. The number of hydrogen-bond acceptors (Lipinski definition) is 4. The second-order valence-corrected chi connectivity index (χ2v) is 5.84. The summed E-state index contributed by atoms with van der Waals surface area (Å²) in [5, 5.41) is 20.2. The van der Waals surface area contributed by atoms with Gasteiger partial charge in [0.05, 0.1) is 17.4 Å². The van der Waals surface area contributed by atoms with E-state index in [0.29, 0.717) is 17.8 Å². The van der Waals surface area contributed by atoms with Gasteiger partial charge in [0.1, 0.15) is 5.69 Å². The van der Waals surface area contributed by atoms with Crippen molar-refractivity contribution in [1.29, 1.82) is 0 Å². The highest BCUT2D eigenvalue weighted by atomic mass is 19.1. The summed E-state index contributed by atoms with van der Waals surface area (Å²) in [6, 6.07) is 1.15. The van der Waals surface area contributed by atoms with Crippen LogP contribution in [-0.2, 0) is 13.6 Å². The lowest BCUT2D eigenvalue weighted by atomic mass is 10.1. The zero-order chi connectivity index (χ0) is 17.6. The molecule has 0 unspecified atom stereocenters. The van der Waals surface area contributed by atoms with Crippen LogP contribution in [0.1, 0.15) is 16.1 Å². The fourth-order valence-electron chi connectivity index (χ4n) is 2.94. The van der Waals surface area contributed by atoms with Crippen molar-refractivity contribution < 1.29 is 19.4 Å². The third-order valence-electron chi connectivity index (χ3n) is 3.95. The second kappa shape index (κ2) is 5.64. The molecule has 0 radical (unpaired) electrons. The molecule has 0 fully saturated rings. The lowest BCUT2D eigenvalue weighted by molar-refractivity contribution is 0.0696. The van der Waals surface area contributed by atoms with Crippen molar-refractivity contribution in [2.24, 2.45) is 7.05 Å². The van der Waals surface area contributed by atoms with Gasteiger partial charge in [-0.2, -0.15) is 0 Å². The summed E-state index contributed by atoms with van der Waals surface area (Å²) in [5.74, 6) is -2.56. The molecule has 8 heteroatoms. The van der Waals surface area contributed by atoms with Crippen LogP contribution in [0.3, 0.4) is 0 Å². The number of aromatic hydroxyl groups is 1. The predicted octanol–water partition coefficient (Wildman–Crippen LogP) is 1.97. The zero-order valence-electron chi connectivity index (χ0n) is 13.5. The van der Waals surface area contributed by atoms with E-state index in [2.05, 4.69) is 4.98 Å². The Bertz CT molecular complexity index is 929. The molecule has 0 aliphatic rings. The third-order valence-corrected chi connectivity index (χ3v) is 3.95. The Morgan fingerprint density at radius 2 is 2.12 bits per heavy atom. The average Bonchev–Trinajstić information content (AvgIpc) is 3.09. The smallest absolute Gasteiger partial charge is 0.338 e. The maximum Gasteiger partial charge on any atom is 0.338 e. The normalized spacial score (nSPS) is 11.5. The predicted molar refractivity (Wildman–Crippen MR) is 86.0 cm³/mol. The quantitative estimate of drug-likeness (QED) is 0.763. The second-order valence-electron chi connectivity index (χ2n) is 5.84. The van der Waals surface area contributed by atoms with Crippen molar-refractivity contribution >= 4 is 16.9 Å².